The zero-order valence-corrected chi connectivity index (χ0v) is 17.1. The summed E-state index contributed by atoms with van der Waals surface area (Å²) in [7, 11) is 1.56. The standard InChI is InChI=1S/C22H15BrO6/c1-12-16(29-22(25)18-4-3-9-27-18)8-6-15-20(24)19(28-21(12)15)11-13-10-14(23)5-7-17(13)26-2/h3-11H,1-2H3/b19-11-. The number of hydrogen-bond donors (Lipinski definition) is 0. The van der Waals surface area contributed by atoms with Crippen LogP contribution in [0.25, 0.3) is 6.08 Å². The van der Waals surface area contributed by atoms with E-state index in [0.717, 1.165) is 4.47 Å². The molecular formula is C22H15BrO6. The van der Waals surface area contributed by atoms with Crippen LogP contribution in [-0.2, 0) is 0 Å². The molecule has 146 valence electrons. The van der Waals surface area contributed by atoms with E-state index < -0.39 is 5.97 Å². The third-order valence-corrected chi connectivity index (χ3v) is 4.93. The van der Waals surface area contributed by atoms with E-state index in [1.807, 2.05) is 12.1 Å². The topological polar surface area (TPSA) is 75.0 Å². The molecule has 0 aliphatic carbocycles. The smallest absolute Gasteiger partial charge is 0.379 e. The van der Waals surface area contributed by atoms with Crippen molar-refractivity contribution in [3.8, 4) is 17.2 Å². The van der Waals surface area contributed by atoms with Crippen molar-refractivity contribution in [2.24, 2.45) is 0 Å². The summed E-state index contributed by atoms with van der Waals surface area (Å²) in [6.45, 7) is 1.72. The van der Waals surface area contributed by atoms with Crippen LogP contribution in [0.2, 0.25) is 0 Å². The molecule has 6 nitrogen and oxygen atoms in total. The number of halogens is 1. The second-order valence-electron chi connectivity index (χ2n) is 6.26. The Bertz CT molecular complexity index is 1140. The van der Waals surface area contributed by atoms with Crippen molar-refractivity contribution in [2.45, 2.75) is 6.92 Å². The average Bonchev–Trinajstić information content (AvgIpc) is 3.34. The fourth-order valence-electron chi connectivity index (χ4n) is 2.98. The van der Waals surface area contributed by atoms with Gasteiger partial charge >= 0.3 is 5.97 Å². The molecule has 0 bridgehead atoms. The van der Waals surface area contributed by atoms with Crippen molar-refractivity contribution in [2.75, 3.05) is 7.11 Å². The molecule has 7 heteroatoms. The number of allylic oxidation sites excluding steroid dienone is 1. The zero-order valence-electron chi connectivity index (χ0n) is 15.5. The van der Waals surface area contributed by atoms with Crippen molar-refractivity contribution in [1.82, 2.24) is 0 Å². The number of carbonyl (C=O) groups excluding carboxylic acids is 2. The van der Waals surface area contributed by atoms with E-state index in [-0.39, 0.29) is 17.3 Å². The maximum atomic E-state index is 12.8. The van der Waals surface area contributed by atoms with E-state index in [9.17, 15) is 9.59 Å². The molecule has 0 atom stereocenters. The van der Waals surface area contributed by atoms with Gasteiger partial charge in [0, 0.05) is 15.6 Å². The van der Waals surface area contributed by atoms with E-state index >= 15 is 0 Å². The van der Waals surface area contributed by atoms with Gasteiger partial charge in [-0.1, -0.05) is 15.9 Å². The summed E-state index contributed by atoms with van der Waals surface area (Å²) < 4.78 is 22.5. The summed E-state index contributed by atoms with van der Waals surface area (Å²) in [5, 5.41) is 0. The van der Waals surface area contributed by atoms with E-state index in [1.165, 1.54) is 12.3 Å². The molecule has 0 spiro atoms. The van der Waals surface area contributed by atoms with E-state index in [0.29, 0.717) is 33.9 Å². The Hall–Kier alpha value is -3.32. The first-order valence-corrected chi connectivity index (χ1v) is 9.44. The highest BCUT2D eigenvalue weighted by Crippen LogP contribution is 2.40. The maximum Gasteiger partial charge on any atom is 0.379 e. The lowest BCUT2D eigenvalue weighted by Crippen LogP contribution is -2.08. The summed E-state index contributed by atoms with van der Waals surface area (Å²) in [6, 6.07) is 11.7. The highest BCUT2D eigenvalue weighted by molar-refractivity contribution is 9.10. The van der Waals surface area contributed by atoms with Crippen LogP contribution in [0.15, 0.2) is 63.4 Å². The number of furan rings is 1. The van der Waals surface area contributed by atoms with Crippen LogP contribution in [0.1, 0.15) is 32.0 Å². The van der Waals surface area contributed by atoms with Crippen LogP contribution in [0.3, 0.4) is 0 Å². The molecule has 29 heavy (non-hydrogen) atoms. The minimum absolute atomic E-state index is 0.0872. The summed E-state index contributed by atoms with van der Waals surface area (Å²) in [4.78, 5) is 24.9. The van der Waals surface area contributed by atoms with Crippen molar-refractivity contribution in [1.29, 1.82) is 0 Å². The van der Waals surface area contributed by atoms with Crippen LogP contribution in [0, 0.1) is 6.92 Å². The van der Waals surface area contributed by atoms with Gasteiger partial charge in [-0.2, -0.15) is 0 Å². The third-order valence-electron chi connectivity index (χ3n) is 4.44. The molecule has 0 saturated heterocycles. The zero-order chi connectivity index (χ0) is 20.5. The summed E-state index contributed by atoms with van der Waals surface area (Å²) in [5.41, 5.74) is 1.64. The van der Waals surface area contributed by atoms with Gasteiger partial charge in [-0.15, -0.1) is 0 Å². The SMILES string of the molecule is COc1ccc(Br)cc1/C=C1\Oc2c(ccc(OC(=O)c3ccco3)c2C)C1=O. The van der Waals surface area contributed by atoms with Gasteiger partial charge in [0.05, 0.1) is 18.9 Å². The number of carbonyl (C=O) groups is 2. The molecule has 0 radical (unpaired) electrons. The van der Waals surface area contributed by atoms with Crippen molar-refractivity contribution in [3.63, 3.8) is 0 Å². The molecule has 3 aromatic rings. The highest BCUT2D eigenvalue weighted by Gasteiger charge is 2.31. The fraction of sp³-hybridized carbons (Fsp3) is 0.0909. The first-order valence-electron chi connectivity index (χ1n) is 8.65. The van der Waals surface area contributed by atoms with Crippen molar-refractivity contribution >= 4 is 33.8 Å². The third kappa shape index (κ3) is 3.56. The lowest BCUT2D eigenvalue weighted by Gasteiger charge is -2.09. The number of ether oxygens (including phenoxy) is 3. The molecule has 0 amide bonds. The Morgan fingerprint density at radius 1 is 1.14 bits per heavy atom. The van der Waals surface area contributed by atoms with Crippen LogP contribution < -0.4 is 14.2 Å². The Labute approximate surface area is 174 Å². The molecule has 2 heterocycles. The van der Waals surface area contributed by atoms with Crippen LogP contribution in [0.4, 0.5) is 0 Å². The number of methoxy groups -OCH3 is 1. The van der Waals surface area contributed by atoms with E-state index in [2.05, 4.69) is 15.9 Å². The van der Waals surface area contributed by atoms with Gasteiger partial charge in [0.2, 0.25) is 11.5 Å². The molecule has 2 aromatic carbocycles. The monoisotopic (exact) mass is 454 g/mol. The average molecular weight is 455 g/mol. The van der Waals surface area contributed by atoms with Gasteiger partial charge in [-0.3, -0.25) is 4.79 Å². The quantitative estimate of drug-likeness (QED) is 0.306. The number of esters is 1. The molecule has 4 rings (SSSR count). The van der Waals surface area contributed by atoms with Gasteiger partial charge in [0.1, 0.15) is 17.2 Å². The van der Waals surface area contributed by atoms with E-state index in [1.54, 1.807) is 44.4 Å². The Kier molecular flexibility index (Phi) is 4.98. The van der Waals surface area contributed by atoms with Gasteiger partial charge in [-0.25, -0.2) is 4.79 Å². The fourth-order valence-corrected chi connectivity index (χ4v) is 3.36. The predicted molar refractivity (Wildman–Crippen MR) is 108 cm³/mol. The Morgan fingerprint density at radius 3 is 2.66 bits per heavy atom. The molecule has 0 N–H and O–H groups in total. The summed E-state index contributed by atoms with van der Waals surface area (Å²) >= 11 is 3.41. The largest absolute Gasteiger partial charge is 0.496 e. The number of fused-ring (bicyclic) bond motifs is 1. The number of rotatable bonds is 4. The molecule has 0 unspecified atom stereocenters. The van der Waals surface area contributed by atoms with Crippen molar-refractivity contribution < 1.29 is 28.2 Å². The number of ketones is 1. The Morgan fingerprint density at radius 2 is 1.93 bits per heavy atom. The van der Waals surface area contributed by atoms with Gasteiger partial charge in [0.15, 0.2) is 5.76 Å². The summed E-state index contributed by atoms with van der Waals surface area (Å²) in [5.74, 6) is 0.626. The van der Waals surface area contributed by atoms with Crippen LogP contribution in [-0.4, -0.2) is 18.9 Å². The lowest BCUT2D eigenvalue weighted by atomic mass is 10.1. The van der Waals surface area contributed by atoms with Crippen LogP contribution >= 0.6 is 15.9 Å². The molecule has 0 saturated carbocycles. The van der Waals surface area contributed by atoms with Crippen molar-refractivity contribution in [3.05, 3.63) is 81.4 Å². The minimum atomic E-state index is -0.628. The number of benzene rings is 2. The maximum absolute atomic E-state index is 12.8. The first kappa shape index (κ1) is 19.0. The molecule has 0 fully saturated rings. The van der Waals surface area contributed by atoms with Gasteiger partial charge < -0.3 is 18.6 Å². The number of Topliss-reactive ketones (excluding diaryl/α,β-unsaturated/α-hetero) is 1. The van der Waals surface area contributed by atoms with E-state index in [4.69, 9.17) is 18.6 Å². The van der Waals surface area contributed by atoms with Gasteiger partial charge in [-0.05, 0) is 55.5 Å². The highest BCUT2D eigenvalue weighted by atomic mass is 79.9. The molecule has 1 aliphatic heterocycles. The molecular weight excluding hydrogens is 440 g/mol. The number of hydrogen-bond acceptors (Lipinski definition) is 6. The predicted octanol–water partition coefficient (Wildman–Crippen LogP) is 5.19. The molecule has 1 aliphatic rings. The second-order valence-corrected chi connectivity index (χ2v) is 7.17. The second kappa shape index (κ2) is 7.60. The summed E-state index contributed by atoms with van der Waals surface area (Å²) in [6.07, 6.45) is 3.01. The van der Waals surface area contributed by atoms with Crippen LogP contribution in [0.5, 0.6) is 17.2 Å². The van der Waals surface area contributed by atoms with Gasteiger partial charge in [0.25, 0.3) is 0 Å². The molecule has 1 aromatic heterocycles. The normalized spacial score (nSPS) is 13.9. The first-order chi connectivity index (χ1) is 14.0. The minimum Gasteiger partial charge on any atom is -0.496 e. The Balaban J connectivity index is 1.66. The lowest BCUT2D eigenvalue weighted by molar-refractivity contribution is 0.0700.